The van der Waals surface area contributed by atoms with E-state index < -0.39 is 22.8 Å². The van der Waals surface area contributed by atoms with E-state index in [1.165, 1.54) is 0 Å². The fourth-order valence-electron chi connectivity index (χ4n) is 8.48. The molecule has 3 aliphatic carbocycles. The molecule has 4 N–H and O–H groups in total. The Morgan fingerprint density at radius 3 is 1.97 bits per heavy atom. The van der Waals surface area contributed by atoms with Crippen molar-refractivity contribution in [2.24, 2.45) is 40.4 Å². The predicted molar refractivity (Wildman–Crippen MR) is 129 cm³/mol. The van der Waals surface area contributed by atoms with Crippen molar-refractivity contribution < 1.29 is 30.0 Å². The average molecular weight is 473 g/mol. The van der Waals surface area contributed by atoms with E-state index in [1.807, 2.05) is 6.92 Å². The number of phenolic OH excluding ortho intramolecular Hbond substituents is 3. The normalized spacial score (nSPS) is 36.9. The van der Waals surface area contributed by atoms with E-state index in [2.05, 4.69) is 34.6 Å². The van der Waals surface area contributed by atoms with Gasteiger partial charge in [-0.1, -0.05) is 34.6 Å². The summed E-state index contributed by atoms with van der Waals surface area (Å²) in [6.07, 6.45) is 4.66. The topological polar surface area (TPSA) is 115 Å². The SMILES string of the molecule is CC(C)CC(c1c(O)c(C=O)c(O)c(C=O)c1O)[C@@H]1CC[C@@](C)(O)[C@@H]2[C@@H]3[C@H](CC[C@]21C)C3(C)C. The summed E-state index contributed by atoms with van der Waals surface area (Å²) in [6.45, 7) is 13.0. The number of rotatable bonds is 6. The number of carbonyl (C=O) groups excluding carboxylic acids is 2. The Kier molecular flexibility index (Phi) is 5.87. The van der Waals surface area contributed by atoms with Crippen molar-refractivity contribution in [1.29, 1.82) is 0 Å². The summed E-state index contributed by atoms with van der Waals surface area (Å²) < 4.78 is 0. The van der Waals surface area contributed by atoms with Crippen molar-refractivity contribution in [3.63, 3.8) is 0 Å². The number of fused-ring (bicyclic) bond motifs is 3. The van der Waals surface area contributed by atoms with Gasteiger partial charge in [-0.15, -0.1) is 0 Å². The molecule has 0 heterocycles. The lowest BCUT2D eigenvalue weighted by Crippen LogP contribution is -2.56. The molecule has 1 aromatic rings. The van der Waals surface area contributed by atoms with Crippen LogP contribution in [-0.4, -0.2) is 38.6 Å². The van der Waals surface area contributed by atoms with Gasteiger partial charge in [-0.25, -0.2) is 0 Å². The second-order valence-corrected chi connectivity index (χ2v) is 12.7. The first kappa shape index (κ1) is 25.0. The maximum atomic E-state index is 11.7. The highest BCUT2D eigenvalue weighted by Gasteiger charge is 2.72. The zero-order valence-electron chi connectivity index (χ0n) is 21.3. The molecule has 6 nitrogen and oxygen atoms in total. The lowest BCUT2D eigenvalue weighted by Gasteiger charge is -2.59. The van der Waals surface area contributed by atoms with Crippen molar-refractivity contribution in [3.05, 3.63) is 16.7 Å². The number of carbonyl (C=O) groups is 2. The summed E-state index contributed by atoms with van der Waals surface area (Å²) in [5.74, 6) is -0.575. The minimum absolute atomic E-state index is 0.0258. The molecule has 0 bridgehead atoms. The van der Waals surface area contributed by atoms with Crippen LogP contribution in [0.3, 0.4) is 0 Å². The molecule has 0 spiro atoms. The standard InChI is InChI=1S/C28H40O6/c1-14(2)11-15(20-23(32)16(12-29)22(31)17(13-30)24(20)33)18-8-10-28(6,34)25-21-19(26(21,3)4)7-9-27(18,25)5/h12-15,18-19,21,25,31-34H,7-11H2,1-6H3/t15?,18-,19-,21-,25+,27-,28+/m0/s1. The summed E-state index contributed by atoms with van der Waals surface area (Å²) in [5, 5.41) is 44.1. The monoisotopic (exact) mass is 472 g/mol. The molecule has 0 radical (unpaired) electrons. The van der Waals surface area contributed by atoms with Gasteiger partial charge in [0.2, 0.25) is 0 Å². The van der Waals surface area contributed by atoms with Crippen LogP contribution in [0.25, 0.3) is 0 Å². The number of phenols is 3. The number of benzene rings is 1. The average Bonchev–Trinajstić information content (AvgIpc) is 3.27. The number of aromatic hydroxyl groups is 3. The third-order valence-corrected chi connectivity index (χ3v) is 10.0. The lowest BCUT2D eigenvalue weighted by atomic mass is 9.47. The minimum Gasteiger partial charge on any atom is -0.507 e. The second kappa shape index (κ2) is 7.97. The molecule has 4 rings (SSSR count). The molecule has 3 aliphatic rings. The van der Waals surface area contributed by atoms with E-state index in [1.54, 1.807) is 0 Å². The molecule has 0 aromatic heterocycles. The molecule has 1 unspecified atom stereocenters. The van der Waals surface area contributed by atoms with Gasteiger partial charge in [0.15, 0.2) is 12.6 Å². The molecule has 188 valence electrons. The zero-order valence-corrected chi connectivity index (χ0v) is 21.3. The maximum absolute atomic E-state index is 11.7. The summed E-state index contributed by atoms with van der Waals surface area (Å²) in [4.78, 5) is 23.5. The highest BCUT2D eigenvalue weighted by molar-refractivity contribution is 5.95. The zero-order chi connectivity index (χ0) is 25.4. The number of hydrogen-bond acceptors (Lipinski definition) is 6. The van der Waals surface area contributed by atoms with E-state index in [0.29, 0.717) is 43.7 Å². The van der Waals surface area contributed by atoms with Crippen LogP contribution in [-0.2, 0) is 0 Å². The van der Waals surface area contributed by atoms with Crippen LogP contribution in [0.5, 0.6) is 17.2 Å². The molecule has 0 aliphatic heterocycles. The predicted octanol–water partition coefficient (Wildman–Crippen LogP) is 5.41. The third-order valence-electron chi connectivity index (χ3n) is 10.0. The van der Waals surface area contributed by atoms with Gasteiger partial charge in [0.1, 0.15) is 17.2 Å². The Balaban J connectivity index is 1.90. The summed E-state index contributed by atoms with van der Waals surface area (Å²) in [7, 11) is 0. The molecule has 34 heavy (non-hydrogen) atoms. The molecule has 0 saturated heterocycles. The van der Waals surface area contributed by atoms with Crippen LogP contribution in [0.1, 0.15) is 106 Å². The van der Waals surface area contributed by atoms with Crippen molar-refractivity contribution >= 4 is 12.6 Å². The van der Waals surface area contributed by atoms with E-state index >= 15 is 0 Å². The van der Waals surface area contributed by atoms with Gasteiger partial charge in [-0.05, 0) is 85.4 Å². The highest BCUT2D eigenvalue weighted by Crippen LogP contribution is 2.76. The van der Waals surface area contributed by atoms with E-state index in [0.717, 1.165) is 12.8 Å². The highest BCUT2D eigenvalue weighted by atomic mass is 16.3. The molecular weight excluding hydrogens is 432 g/mol. The van der Waals surface area contributed by atoms with Crippen LogP contribution in [0.2, 0.25) is 0 Å². The van der Waals surface area contributed by atoms with Crippen molar-refractivity contribution in [3.8, 4) is 17.2 Å². The Bertz CT molecular complexity index is 974. The maximum Gasteiger partial charge on any atom is 0.157 e. The Hall–Kier alpha value is -2.08. The van der Waals surface area contributed by atoms with Crippen LogP contribution < -0.4 is 0 Å². The molecule has 1 aromatic carbocycles. The first-order valence-corrected chi connectivity index (χ1v) is 12.7. The Morgan fingerprint density at radius 2 is 1.47 bits per heavy atom. The van der Waals surface area contributed by atoms with Crippen LogP contribution >= 0.6 is 0 Å². The van der Waals surface area contributed by atoms with Gasteiger partial charge in [-0.2, -0.15) is 0 Å². The van der Waals surface area contributed by atoms with Crippen LogP contribution in [0, 0.1) is 40.4 Å². The largest absolute Gasteiger partial charge is 0.507 e. The Labute approximate surface area is 202 Å². The first-order chi connectivity index (χ1) is 15.7. The van der Waals surface area contributed by atoms with Crippen molar-refractivity contribution in [1.82, 2.24) is 0 Å². The van der Waals surface area contributed by atoms with Crippen molar-refractivity contribution in [2.45, 2.75) is 85.2 Å². The van der Waals surface area contributed by atoms with E-state index in [-0.39, 0.29) is 51.2 Å². The fraction of sp³-hybridized carbons (Fsp3) is 0.714. The molecule has 7 atom stereocenters. The second-order valence-electron chi connectivity index (χ2n) is 12.7. The molecule has 6 heteroatoms. The summed E-state index contributed by atoms with van der Waals surface area (Å²) in [5.41, 5.74) is -1.40. The first-order valence-electron chi connectivity index (χ1n) is 12.7. The van der Waals surface area contributed by atoms with Gasteiger partial charge in [0.05, 0.1) is 16.7 Å². The van der Waals surface area contributed by atoms with E-state index in [9.17, 15) is 30.0 Å². The molecule has 0 amide bonds. The van der Waals surface area contributed by atoms with Gasteiger partial charge in [0.25, 0.3) is 0 Å². The number of hydrogen-bond donors (Lipinski definition) is 4. The smallest absolute Gasteiger partial charge is 0.157 e. The number of aliphatic hydroxyl groups is 1. The van der Waals surface area contributed by atoms with Gasteiger partial charge < -0.3 is 20.4 Å². The minimum atomic E-state index is -0.800. The van der Waals surface area contributed by atoms with E-state index in [4.69, 9.17) is 0 Å². The van der Waals surface area contributed by atoms with Gasteiger partial charge >= 0.3 is 0 Å². The molecule has 3 fully saturated rings. The lowest BCUT2D eigenvalue weighted by molar-refractivity contribution is -0.155. The van der Waals surface area contributed by atoms with Crippen LogP contribution in [0.4, 0.5) is 0 Å². The molecular formula is C28H40O6. The third kappa shape index (κ3) is 3.39. The Morgan fingerprint density at radius 1 is 0.912 bits per heavy atom. The fourth-order valence-corrected chi connectivity index (χ4v) is 8.48. The quantitative estimate of drug-likeness (QED) is 0.412. The summed E-state index contributed by atoms with van der Waals surface area (Å²) in [6, 6.07) is 0. The van der Waals surface area contributed by atoms with Gasteiger partial charge in [-0.3, -0.25) is 9.59 Å². The van der Waals surface area contributed by atoms with Crippen LogP contribution in [0.15, 0.2) is 0 Å². The summed E-state index contributed by atoms with van der Waals surface area (Å²) >= 11 is 0. The number of aldehydes is 2. The molecule has 3 saturated carbocycles. The van der Waals surface area contributed by atoms with Crippen molar-refractivity contribution in [2.75, 3.05) is 0 Å². The van der Waals surface area contributed by atoms with Gasteiger partial charge in [0, 0.05) is 5.56 Å².